The number of aliphatic hydroxyl groups excluding tert-OH is 1. The first-order chi connectivity index (χ1) is 9.85. The van der Waals surface area contributed by atoms with E-state index in [9.17, 15) is 0 Å². The van der Waals surface area contributed by atoms with Crippen LogP contribution in [-0.4, -0.2) is 15.3 Å². The summed E-state index contributed by atoms with van der Waals surface area (Å²) >= 11 is 1.59. The van der Waals surface area contributed by atoms with Gasteiger partial charge in [-0.2, -0.15) is 0 Å². The second kappa shape index (κ2) is 5.94. The van der Waals surface area contributed by atoms with E-state index in [0.29, 0.717) is 23.3 Å². The maximum Gasteiger partial charge on any atom is 0.283 e. The fourth-order valence-corrected chi connectivity index (χ4v) is 2.38. The van der Waals surface area contributed by atoms with E-state index in [1.54, 1.807) is 30.2 Å². The van der Waals surface area contributed by atoms with Gasteiger partial charge in [0.25, 0.3) is 5.89 Å². The molecule has 0 aliphatic rings. The Bertz CT molecular complexity index is 662. The zero-order valence-electron chi connectivity index (χ0n) is 10.5. The summed E-state index contributed by atoms with van der Waals surface area (Å²) in [6, 6.07) is 11.3. The van der Waals surface area contributed by atoms with Crippen LogP contribution < -0.4 is 0 Å². The van der Waals surface area contributed by atoms with Gasteiger partial charge in [-0.25, -0.2) is 0 Å². The molecular weight excluding hydrogens is 276 g/mol. The molecule has 0 radical (unpaired) electrons. The summed E-state index contributed by atoms with van der Waals surface area (Å²) in [5.74, 6) is 2.10. The van der Waals surface area contributed by atoms with E-state index in [0.717, 1.165) is 10.5 Å². The van der Waals surface area contributed by atoms with Crippen molar-refractivity contribution < 1.29 is 13.9 Å². The van der Waals surface area contributed by atoms with Crippen molar-refractivity contribution in [3.63, 3.8) is 0 Å². The molecule has 0 bridgehead atoms. The summed E-state index contributed by atoms with van der Waals surface area (Å²) in [6.45, 7) is 0.0567. The van der Waals surface area contributed by atoms with Crippen LogP contribution in [0, 0.1) is 0 Å². The number of benzene rings is 1. The van der Waals surface area contributed by atoms with Gasteiger partial charge in [0.15, 0.2) is 5.76 Å². The van der Waals surface area contributed by atoms with Crippen molar-refractivity contribution in [1.82, 2.24) is 10.2 Å². The standard InChI is InChI=1S/C14H12N2O3S/c17-8-10-3-5-11(6-4-10)20-9-13-15-16-14(19-13)12-2-1-7-18-12/h1-7,17H,8-9H2. The Balaban J connectivity index is 1.63. The summed E-state index contributed by atoms with van der Waals surface area (Å²) in [4.78, 5) is 1.08. The highest BCUT2D eigenvalue weighted by molar-refractivity contribution is 7.98. The molecule has 5 nitrogen and oxygen atoms in total. The van der Waals surface area contributed by atoms with Crippen molar-refractivity contribution in [1.29, 1.82) is 0 Å². The molecule has 3 aromatic rings. The molecule has 0 fully saturated rings. The Hall–Kier alpha value is -2.05. The van der Waals surface area contributed by atoms with E-state index >= 15 is 0 Å². The first-order valence-electron chi connectivity index (χ1n) is 6.04. The highest BCUT2D eigenvalue weighted by atomic mass is 32.2. The van der Waals surface area contributed by atoms with Crippen molar-refractivity contribution in [2.75, 3.05) is 0 Å². The lowest BCUT2D eigenvalue weighted by molar-refractivity contribution is 0.282. The molecule has 1 aromatic carbocycles. The van der Waals surface area contributed by atoms with Gasteiger partial charge in [0.05, 0.1) is 18.6 Å². The molecule has 0 aliphatic carbocycles. The Labute approximate surface area is 119 Å². The summed E-state index contributed by atoms with van der Waals surface area (Å²) < 4.78 is 10.7. The minimum absolute atomic E-state index is 0.0567. The fourth-order valence-electron chi connectivity index (χ4n) is 1.65. The van der Waals surface area contributed by atoms with Crippen molar-refractivity contribution >= 4 is 11.8 Å². The average molecular weight is 288 g/mol. The molecule has 2 heterocycles. The maximum absolute atomic E-state index is 8.98. The van der Waals surface area contributed by atoms with Crippen LogP contribution in [-0.2, 0) is 12.4 Å². The van der Waals surface area contributed by atoms with Crippen LogP contribution in [0.5, 0.6) is 0 Å². The largest absolute Gasteiger partial charge is 0.459 e. The number of hydrogen-bond donors (Lipinski definition) is 1. The molecule has 6 heteroatoms. The lowest BCUT2D eigenvalue weighted by Gasteiger charge is -2.00. The van der Waals surface area contributed by atoms with Gasteiger partial charge in [0.2, 0.25) is 5.89 Å². The maximum atomic E-state index is 8.98. The third-order valence-electron chi connectivity index (χ3n) is 2.67. The first kappa shape index (κ1) is 13.0. The third kappa shape index (κ3) is 2.92. The SMILES string of the molecule is OCc1ccc(SCc2nnc(-c3ccco3)o2)cc1. The number of rotatable bonds is 5. The smallest absolute Gasteiger partial charge is 0.283 e. The van der Waals surface area contributed by atoms with Crippen LogP contribution in [0.1, 0.15) is 11.5 Å². The molecule has 3 rings (SSSR count). The predicted octanol–water partition coefficient (Wildman–Crippen LogP) is 3.11. The quantitative estimate of drug-likeness (QED) is 0.727. The van der Waals surface area contributed by atoms with Gasteiger partial charge in [0, 0.05) is 4.90 Å². The van der Waals surface area contributed by atoms with Crippen LogP contribution in [0.3, 0.4) is 0 Å². The summed E-state index contributed by atoms with van der Waals surface area (Å²) in [5.41, 5.74) is 0.896. The molecule has 1 N–H and O–H groups in total. The third-order valence-corrected chi connectivity index (χ3v) is 3.66. The first-order valence-corrected chi connectivity index (χ1v) is 7.02. The number of aliphatic hydroxyl groups is 1. The number of hydrogen-bond acceptors (Lipinski definition) is 6. The van der Waals surface area contributed by atoms with Crippen LogP contribution in [0.15, 0.2) is 56.4 Å². The molecule has 0 saturated heterocycles. The van der Waals surface area contributed by atoms with Gasteiger partial charge in [0.1, 0.15) is 0 Å². The van der Waals surface area contributed by atoms with Gasteiger partial charge in [-0.05, 0) is 29.8 Å². The minimum atomic E-state index is 0.0567. The number of aromatic nitrogens is 2. The molecule has 0 saturated carbocycles. The van der Waals surface area contributed by atoms with E-state index in [2.05, 4.69) is 10.2 Å². The van der Waals surface area contributed by atoms with Crippen LogP contribution >= 0.6 is 11.8 Å². The monoisotopic (exact) mass is 288 g/mol. The van der Waals surface area contributed by atoms with Crippen molar-refractivity contribution in [2.45, 2.75) is 17.3 Å². The van der Waals surface area contributed by atoms with Gasteiger partial charge >= 0.3 is 0 Å². The summed E-state index contributed by atoms with van der Waals surface area (Å²) in [6.07, 6.45) is 1.57. The van der Waals surface area contributed by atoms with Crippen LogP contribution in [0.2, 0.25) is 0 Å². The number of furan rings is 1. The molecule has 0 unspecified atom stereocenters. The molecule has 0 aliphatic heterocycles. The highest BCUT2D eigenvalue weighted by Crippen LogP contribution is 2.24. The van der Waals surface area contributed by atoms with Crippen LogP contribution in [0.25, 0.3) is 11.7 Å². The van der Waals surface area contributed by atoms with Crippen molar-refractivity contribution in [3.8, 4) is 11.7 Å². The fraction of sp³-hybridized carbons (Fsp3) is 0.143. The molecule has 102 valence electrons. The van der Waals surface area contributed by atoms with Crippen molar-refractivity contribution in [3.05, 3.63) is 54.1 Å². The molecular formula is C14H12N2O3S. The molecule has 0 spiro atoms. The van der Waals surface area contributed by atoms with E-state index in [1.807, 2.05) is 24.3 Å². The molecule has 0 amide bonds. The van der Waals surface area contributed by atoms with E-state index in [-0.39, 0.29) is 6.61 Å². The van der Waals surface area contributed by atoms with Crippen molar-refractivity contribution in [2.24, 2.45) is 0 Å². The van der Waals surface area contributed by atoms with Gasteiger partial charge in [-0.1, -0.05) is 12.1 Å². The Morgan fingerprint density at radius 3 is 2.65 bits per heavy atom. The zero-order valence-corrected chi connectivity index (χ0v) is 11.3. The van der Waals surface area contributed by atoms with E-state index in [1.165, 1.54) is 0 Å². The predicted molar refractivity (Wildman–Crippen MR) is 73.9 cm³/mol. The molecule has 2 aromatic heterocycles. The van der Waals surface area contributed by atoms with Gasteiger partial charge in [-0.3, -0.25) is 0 Å². The summed E-state index contributed by atoms with van der Waals surface area (Å²) in [5, 5.41) is 16.9. The number of thioether (sulfide) groups is 1. The number of nitrogens with zero attached hydrogens (tertiary/aromatic N) is 2. The topological polar surface area (TPSA) is 72.3 Å². The average Bonchev–Trinajstić information content (AvgIpc) is 3.16. The molecule has 20 heavy (non-hydrogen) atoms. The Morgan fingerprint density at radius 1 is 1.10 bits per heavy atom. The van der Waals surface area contributed by atoms with Gasteiger partial charge < -0.3 is 13.9 Å². The zero-order chi connectivity index (χ0) is 13.8. The lowest BCUT2D eigenvalue weighted by atomic mass is 10.2. The Morgan fingerprint density at radius 2 is 1.95 bits per heavy atom. The summed E-state index contributed by atoms with van der Waals surface area (Å²) in [7, 11) is 0. The lowest BCUT2D eigenvalue weighted by Crippen LogP contribution is -1.83. The van der Waals surface area contributed by atoms with E-state index in [4.69, 9.17) is 13.9 Å². The van der Waals surface area contributed by atoms with Crippen LogP contribution in [0.4, 0.5) is 0 Å². The van der Waals surface area contributed by atoms with E-state index < -0.39 is 0 Å². The normalized spacial score (nSPS) is 10.8. The minimum Gasteiger partial charge on any atom is -0.459 e. The second-order valence-corrected chi connectivity index (χ2v) is 5.12. The second-order valence-electron chi connectivity index (χ2n) is 4.07. The highest BCUT2D eigenvalue weighted by Gasteiger charge is 2.10. The molecule has 0 atom stereocenters. The Kier molecular flexibility index (Phi) is 3.85. The van der Waals surface area contributed by atoms with Gasteiger partial charge in [-0.15, -0.1) is 22.0 Å².